The predicted octanol–water partition coefficient (Wildman–Crippen LogP) is 14.4. The van der Waals surface area contributed by atoms with Gasteiger partial charge in [0.1, 0.15) is 13.2 Å². The van der Waals surface area contributed by atoms with Crippen molar-refractivity contribution < 1.29 is 32.9 Å². The molecule has 0 bridgehead atoms. The Labute approximate surface area is 371 Å². The standard InChI is InChI=1S/C51H97N2O6P/c1-6-8-10-12-13-14-15-16-17-18-19-20-21-22-23-24-25-26-27-28-29-30-31-32-33-34-35-36-37-38-39-41-43-45-51(55)52-49(50(54)44-42-40-11-9-7-2)48-59-60(56,57)58-47-46-53(3,4)5/h15-16,18-19,21-22,42,44,49-50,54H,6-14,17,20,23-41,43,45-48H2,1-5H3,(H-,52,55,56,57)/p+1/b16-15-,19-18-,22-21-,44-42+. The molecule has 0 spiro atoms. The third-order valence-corrected chi connectivity index (χ3v) is 12.0. The van der Waals surface area contributed by atoms with Gasteiger partial charge in [0.25, 0.3) is 0 Å². The molecule has 3 N–H and O–H groups in total. The van der Waals surface area contributed by atoms with Crippen molar-refractivity contribution in [2.45, 2.75) is 231 Å². The maximum absolute atomic E-state index is 12.8. The molecule has 0 aliphatic heterocycles. The first-order valence-corrected chi connectivity index (χ1v) is 26.5. The van der Waals surface area contributed by atoms with E-state index in [9.17, 15) is 19.4 Å². The van der Waals surface area contributed by atoms with Crippen LogP contribution in [0.15, 0.2) is 48.6 Å². The van der Waals surface area contributed by atoms with E-state index >= 15 is 0 Å². The van der Waals surface area contributed by atoms with E-state index < -0.39 is 20.0 Å². The lowest BCUT2D eigenvalue weighted by Gasteiger charge is -2.25. The van der Waals surface area contributed by atoms with E-state index in [0.717, 1.165) is 57.8 Å². The van der Waals surface area contributed by atoms with Crippen molar-refractivity contribution in [1.82, 2.24) is 5.32 Å². The first-order valence-electron chi connectivity index (χ1n) is 25.0. The highest BCUT2D eigenvalue weighted by molar-refractivity contribution is 7.47. The Bertz CT molecular complexity index is 1120. The summed E-state index contributed by atoms with van der Waals surface area (Å²) in [7, 11) is 1.57. The van der Waals surface area contributed by atoms with E-state index in [4.69, 9.17) is 9.05 Å². The number of unbranched alkanes of at least 4 members (excludes halogenated alkanes) is 26. The summed E-state index contributed by atoms with van der Waals surface area (Å²) >= 11 is 0. The molecule has 8 nitrogen and oxygen atoms in total. The van der Waals surface area contributed by atoms with Crippen LogP contribution < -0.4 is 5.32 Å². The molecule has 0 rings (SSSR count). The lowest BCUT2D eigenvalue weighted by atomic mass is 10.0. The summed E-state index contributed by atoms with van der Waals surface area (Å²) in [4.78, 5) is 22.9. The van der Waals surface area contributed by atoms with Gasteiger partial charge < -0.3 is 19.8 Å². The van der Waals surface area contributed by atoms with Crippen LogP contribution in [0.3, 0.4) is 0 Å². The Morgan fingerprint density at radius 3 is 1.42 bits per heavy atom. The van der Waals surface area contributed by atoms with Crippen LogP contribution in [-0.4, -0.2) is 73.4 Å². The van der Waals surface area contributed by atoms with Crippen molar-refractivity contribution >= 4 is 13.7 Å². The first kappa shape index (κ1) is 58.5. The summed E-state index contributed by atoms with van der Waals surface area (Å²) in [6, 6.07) is -0.841. The van der Waals surface area contributed by atoms with E-state index in [2.05, 4.69) is 55.6 Å². The zero-order valence-electron chi connectivity index (χ0n) is 39.9. The fourth-order valence-corrected chi connectivity index (χ4v) is 7.78. The lowest BCUT2D eigenvalue weighted by molar-refractivity contribution is -0.870. The minimum atomic E-state index is -4.32. The molecule has 0 aromatic heterocycles. The Balaban J connectivity index is 3.82. The molecule has 1 amide bonds. The Morgan fingerprint density at radius 2 is 0.950 bits per heavy atom. The zero-order chi connectivity index (χ0) is 44.3. The van der Waals surface area contributed by atoms with Crippen LogP contribution in [0.4, 0.5) is 0 Å². The summed E-state index contributed by atoms with van der Waals surface area (Å²) < 4.78 is 23.4. The second-order valence-electron chi connectivity index (χ2n) is 18.2. The van der Waals surface area contributed by atoms with Crippen molar-refractivity contribution in [2.75, 3.05) is 40.9 Å². The van der Waals surface area contributed by atoms with Crippen molar-refractivity contribution in [3.63, 3.8) is 0 Å². The molecular weight excluding hydrogens is 768 g/mol. The van der Waals surface area contributed by atoms with E-state index in [1.54, 1.807) is 6.08 Å². The van der Waals surface area contributed by atoms with Gasteiger partial charge in [-0.15, -0.1) is 0 Å². The molecule has 0 heterocycles. The topological polar surface area (TPSA) is 105 Å². The average molecular weight is 866 g/mol. The van der Waals surface area contributed by atoms with Gasteiger partial charge in [0, 0.05) is 6.42 Å². The van der Waals surface area contributed by atoms with Crippen molar-refractivity contribution in [1.29, 1.82) is 0 Å². The van der Waals surface area contributed by atoms with Crippen LogP contribution in [0, 0.1) is 0 Å². The predicted molar refractivity (Wildman–Crippen MR) is 258 cm³/mol. The minimum absolute atomic E-state index is 0.0605. The number of hydrogen-bond donors (Lipinski definition) is 3. The summed E-state index contributed by atoms with van der Waals surface area (Å²) in [5, 5.41) is 13.6. The molecule has 0 saturated carbocycles. The van der Waals surface area contributed by atoms with Gasteiger partial charge in [-0.1, -0.05) is 204 Å². The molecule has 3 unspecified atom stereocenters. The number of carbonyl (C=O) groups excluding carboxylic acids is 1. The zero-order valence-corrected chi connectivity index (χ0v) is 40.8. The molecular formula is C51H98N2O6P+. The van der Waals surface area contributed by atoms with Crippen LogP contribution in [0.25, 0.3) is 0 Å². The molecule has 0 aliphatic rings. The van der Waals surface area contributed by atoms with Gasteiger partial charge in [0.15, 0.2) is 0 Å². The number of aliphatic hydroxyl groups excluding tert-OH is 1. The number of carbonyl (C=O) groups is 1. The average Bonchev–Trinajstić information content (AvgIpc) is 3.20. The summed E-state index contributed by atoms with van der Waals surface area (Å²) in [6.07, 6.45) is 55.5. The first-order chi connectivity index (χ1) is 29.0. The van der Waals surface area contributed by atoms with Gasteiger partial charge >= 0.3 is 7.82 Å². The van der Waals surface area contributed by atoms with E-state index in [1.165, 1.54) is 141 Å². The fourth-order valence-electron chi connectivity index (χ4n) is 7.05. The highest BCUT2D eigenvalue weighted by atomic mass is 31.2. The maximum atomic E-state index is 12.8. The number of aliphatic hydroxyl groups is 1. The van der Waals surface area contributed by atoms with Crippen molar-refractivity contribution in [3.8, 4) is 0 Å². The Hall–Kier alpha value is -1.54. The van der Waals surface area contributed by atoms with Gasteiger partial charge in [-0.05, 0) is 57.8 Å². The quantitative estimate of drug-likeness (QED) is 0.0244. The van der Waals surface area contributed by atoms with E-state index in [1.807, 2.05) is 27.2 Å². The van der Waals surface area contributed by atoms with Crippen LogP contribution >= 0.6 is 7.82 Å². The number of allylic oxidation sites excluding steroid dienone is 7. The van der Waals surface area contributed by atoms with Crippen LogP contribution in [0.1, 0.15) is 219 Å². The lowest BCUT2D eigenvalue weighted by Crippen LogP contribution is -2.45. The number of quaternary nitrogens is 1. The van der Waals surface area contributed by atoms with Crippen molar-refractivity contribution in [2.24, 2.45) is 0 Å². The number of hydrogen-bond acceptors (Lipinski definition) is 5. The normalized spacial score (nSPS) is 14.6. The highest BCUT2D eigenvalue weighted by Gasteiger charge is 2.27. The molecule has 9 heteroatoms. The number of phosphoric acid groups is 1. The molecule has 0 saturated heterocycles. The fraction of sp³-hybridized carbons (Fsp3) is 0.824. The molecule has 0 radical (unpaired) electrons. The van der Waals surface area contributed by atoms with Crippen LogP contribution in [0.5, 0.6) is 0 Å². The van der Waals surface area contributed by atoms with Gasteiger partial charge in [0.2, 0.25) is 5.91 Å². The SMILES string of the molecule is CCCCC/C=C/C(O)C(COP(=O)(O)OCC[N+](C)(C)C)NC(=O)CCCCCCCCCCCCCCCCCCCC/C=C\C/C=C\C/C=C\CCCCCCC. The molecule has 0 fully saturated rings. The summed E-state index contributed by atoms with van der Waals surface area (Å²) in [5.74, 6) is -0.184. The molecule has 0 aliphatic carbocycles. The van der Waals surface area contributed by atoms with Gasteiger partial charge in [-0.3, -0.25) is 13.8 Å². The summed E-state index contributed by atoms with van der Waals surface area (Å²) in [6.45, 7) is 4.69. The molecule has 0 aromatic rings. The van der Waals surface area contributed by atoms with Gasteiger partial charge in [-0.25, -0.2) is 4.57 Å². The molecule has 60 heavy (non-hydrogen) atoms. The Kier molecular flexibility index (Phi) is 41.6. The Morgan fingerprint density at radius 1 is 0.567 bits per heavy atom. The molecule has 352 valence electrons. The largest absolute Gasteiger partial charge is 0.472 e. The number of nitrogens with zero attached hydrogens (tertiary/aromatic N) is 1. The third-order valence-electron chi connectivity index (χ3n) is 11.0. The maximum Gasteiger partial charge on any atom is 0.472 e. The van der Waals surface area contributed by atoms with Gasteiger partial charge in [0.05, 0.1) is 39.9 Å². The number of amides is 1. The van der Waals surface area contributed by atoms with Crippen LogP contribution in [-0.2, 0) is 18.4 Å². The highest BCUT2D eigenvalue weighted by Crippen LogP contribution is 2.43. The second-order valence-corrected chi connectivity index (χ2v) is 19.6. The summed E-state index contributed by atoms with van der Waals surface area (Å²) in [5.41, 5.74) is 0. The van der Waals surface area contributed by atoms with E-state index in [-0.39, 0.29) is 19.1 Å². The third kappa shape index (κ3) is 44.5. The number of phosphoric ester groups is 1. The number of rotatable bonds is 45. The van der Waals surface area contributed by atoms with E-state index in [0.29, 0.717) is 17.4 Å². The smallest absolute Gasteiger partial charge is 0.387 e. The monoisotopic (exact) mass is 866 g/mol. The van der Waals surface area contributed by atoms with Crippen LogP contribution in [0.2, 0.25) is 0 Å². The number of nitrogens with one attached hydrogen (secondary N) is 1. The molecule has 0 aromatic carbocycles. The number of likely N-dealkylation sites (N-methyl/N-ethyl adjacent to an activating group) is 1. The van der Waals surface area contributed by atoms with Gasteiger partial charge in [-0.2, -0.15) is 0 Å². The second kappa shape index (κ2) is 42.7. The van der Waals surface area contributed by atoms with Crippen molar-refractivity contribution in [3.05, 3.63) is 48.6 Å². The molecule has 3 atom stereocenters. The minimum Gasteiger partial charge on any atom is -0.387 e.